The molecule has 134 valence electrons. The molecule has 0 spiro atoms. The summed E-state index contributed by atoms with van der Waals surface area (Å²) in [5.74, 6) is -0.121. The standard InChI is InChI=1S/C19H24N2O3S/c1-14-9-7-10-18(16(14)3)21(17(4)22)13-12-20-25(23,24)19-11-6-5-8-15(19)2/h5-11,20H,12-13H2,1-4H3. The second kappa shape index (κ2) is 7.80. The summed E-state index contributed by atoms with van der Waals surface area (Å²) in [6.07, 6.45) is 0. The number of carbonyl (C=O) groups is 1. The average Bonchev–Trinajstić information content (AvgIpc) is 2.54. The van der Waals surface area contributed by atoms with Crippen LogP contribution in [-0.4, -0.2) is 27.4 Å². The lowest BCUT2D eigenvalue weighted by Gasteiger charge is -2.24. The third-order valence-electron chi connectivity index (χ3n) is 4.26. The zero-order valence-corrected chi connectivity index (χ0v) is 15.9. The number of anilines is 1. The van der Waals surface area contributed by atoms with Gasteiger partial charge in [0.05, 0.1) is 4.90 Å². The molecule has 5 nitrogen and oxygen atoms in total. The molecule has 2 aromatic rings. The summed E-state index contributed by atoms with van der Waals surface area (Å²) >= 11 is 0. The van der Waals surface area contributed by atoms with Crippen LogP contribution in [0.1, 0.15) is 23.6 Å². The van der Waals surface area contributed by atoms with Gasteiger partial charge >= 0.3 is 0 Å². The molecular weight excluding hydrogens is 336 g/mol. The highest BCUT2D eigenvalue weighted by Gasteiger charge is 2.18. The zero-order valence-electron chi connectivity index (χ0n) is 15.0. The molecule has 1 amide bonds. The Morgan fingerprint density at radius 2 is 1.64 bits per heavy atom. The predicted octanol–water partition coefficient (Wildman–Crippen LogP) is 2.94. The third-order valence-corrected chi connectivity index (χ3v) is 5.88. The molecular formula is C19H24N2O3S. The van der Waals surface area contributed by atoms with E-state index in [4.69, 9.17) is 0 Å². The van der Waals surface area contributed by atoms with Gasteiger partial charge in [-0.2, -0.15) is 0 Å². The summed E-state index contributed by atoms with van der Waals surface area (Å²) in [6.45, 7) is 7.59. The van der Waals surface area contributed by atoms with Gasteiger partial charge in [-0.25, -0.2) is 13.1 Å². The minimum absolute atomic E-state index is 0.121. The minimum Gasteiger partial charge on any atom is -0.311 e. The van der Waals surface area contributed by atoms with E-state index < -0.39 is 10.0 Å². The predicted molar refractivity (Wildman–Crippen MR) is 100 cm³/mol. The lowest BCUT2D eigenvalue weighted by atomic mass is 10.1. The molecule has 0 saturated carbocycles. The Bertz CT molecular complexity index is 876. The van der Waals surface area contributed by atoms with Crippen molar-refractivity contribution in [1.29, 1.82) is 0 Å². The molecule has 0 unspecified atom stereocenters. The number of hydrogen-bond donors (Lipinski definition) is 1. The molecule has 2 rings (SSSR count). The molecule has 0 aromatic heterocycles. The van der Waals surface area contributed by atoms with Gasteiger partial charge in [0.1, 0.15) is 0 Å². The first-order chi connectivity index (χ1) is 11.7. The Morgan fingerprint density at radius 3 is 2.28 bits per heavy atom. The lowest BCUT2D eigenvalue weighted by molar-refractivity contribution is -0.116. The van der Waals surface area contributed by atoms with Crippen LogP contribution in [0.2, 0.25) is 0 Å². The van der Waals surface area contributed by atoms with E-state index in [-0.39, 0.29) is 23.9 Å². The number of sulfonamides is 1. The summed E-state index contributed by atoms with van der Waals surface area (Å²) in [7, 11) is -3.60. The van der Waals surface area contributed by atoms with Crippen molar-refractivity contribution >= 4 is 21.6 Å². The van der Waals surface area contributed by atoms with Crippen molar-refractivity contribution in [2.24, 2.45) is 0 Å². The number of hydrogen-bond acceptors (Lipinski definition) is 3. The monoisotopic (exact) mass is 360 g/mol. The van der Waals surface area contributed by atoms with Crippen molar-refractivity contribution in [2.45, 2.75) is 32.6 Å². The van der Waals surface area contributed by atoms with Crippen LogP contribution in [0.15, 0.2) is 47.4 Å². The molecule has 0 heterocycles. The van der Waals surface area contributed by atoms with Crippen LogP contribution in [0.5, 0.6) is 0 Å². The number of amides is 1. The number of carbonyl (C=O) groups excluding carboxylic acids is 1. The van der Waals surface area contributed by atoms with Crippen LogP contribution in [0.25, 0.3) is 0 Å². The van der Waals surface area contributed by atoms with E-state index in [0.29, 0.717) is 5.56 Å². The molecule has 0 atom stereocenters. The number of nitrogens with one attached hydrogen (secondary N) is 1. The van der Waals surface area contributed by atoms with E-state index in [2.05, 4.69) is 4.72 Å². The highest BCUT2D eigenvalue weighted by molar-refractivity contribution is 7.89. The summed E-state index contributed by atoms with van der Waals surface area (Å²) in [5.41, 5.74) is 3.60. The minimum atomic E-state index is -3.60. The average molecular weight is 360 g/mol. The second-order valence-corrected chi connectivity index (χ2v) is 7.79. The molecule has 6 heteroatoms. The van der Waals surface area contributed by atoms with Crippen molar-refractivity contribution in [3.05, 3.63) is 59.2 Å². The van der Waals surface area contributed by atoms with Gasteiger partial charge in [0.2, 0.25) is 15.9 Å². The van der Waals surface area contributed by atoms with Crippen molar-refractivity contribution in [2.75, 3.05) is 18.0 Å². The van der Waals surface area contributed by atoms with Gasteiger partial charge in [0, 0.05) is 25.7 Å². The molecule has 2 aromatic carbocycles. The first-order valence-electron chi connectivity index (χ1n) is 8.13. The first kappa shape index (κ1) is 19.1. The molecule has 1 N–H and O–H groups in total. The van der Waals surface area contributed by atoms with E-state index >= 15 is 0 Å². The number of rotatable bonds is 6. The quantitative estimate of drug-likeness (QED) is 0.861. The van der Waals surface area contributed by atoms with Gasteiger partial charge in [0.25, 0.3) is 0 Å². The van der Waals surface area contributed by atoms with Crippen LogP contribution in [0.4, 0.5) is 5.69 Å². The van der Waals surface area contributed by atoms with Crippen molar-refractivity contribution in [3.63, 3.8) is 0 Å². The first-order valence-corrected chi connectivity index (χ1v) is 9.62. The third kappa shape index (κ3) is 4.46. The van der Waals surface area contributed by atoms with Gasteiger partial charge in [-0.1, -0.05) is 30.3 Å². The van der Waals surface area contributed by atoms with Crippen molar-refractivity contribution in [3.8, 4) is 0 Å². The fourth-order valence-corrected chi connectivity index (χ4v) is 3.97. The highest BCUT2D eigenvalue weighted by atomic mass is 32.2. The largest absolute Gasteiger partial charge is 0.311 e. The molecule has 0 radical (unpaired) electrons. The summed E-state index contributed by atoms with van der Waals surface area (Å²) in [4.78, 5) is 13.9. The molecule has 0 saturated heterocycles. The Hall–Kier alpha value is -2.18. The second-order valence-electron chi connectivity index (χ2n) is 6.05. The molecule has 0 bridgehead atoms. The molecule has 0 aliphatic carbocycles. The van der Waals surface area contributed by atoms with E-state index in [9.17, 15) is 13.2 Å². The SMILES string of the molecule is CC(=O)N(CCNS(=O)(=O)c1ccccc1C)c1cccc(C)c1C. The van der Waals surface area contributed by atoms with Crippen LogP contribution < -0.4 is 9.62 Å². The lowest BCUT2D eigenvalue weighted by Crippen LogP contribution is -2.38. The van der Waals surface area contributed by atoms with E-state index in [1.807, 2.05) is 32.0 Å². The maximum Gasteiger partial charge on any atom is 0.240 e. The smallest absolute Gasteiger partial charge is 0.240 e. The van der Waals surface area contributed by atoms with Crippen LogP contribution in [-0.2, 0) is 14.8 Å². The summed E-state index contributed by atoms with van der Waals surface area (Å²) < 4.78 is 27.5. The Labute approximate surface area is 149 Å². The van der Waals surface area contributed by atoms with E-state index in [0.717, 1.165) is 16.8 Å². The van der Waals surface area contributed by atoms with Gasteiger partial charge in [-0.3, -0.25) is 4.79 Å². The van der Waals surface area contributed by atoms with Gasteiger partial charge in [0.15, 0.2) is 0 Å². The molecule has 0 aliphatic heterocycles. The highest BCUT2D eigenvalue weighted by Crippen LogP contribution is 2.22. The molecule has 25 heavy (non-hydrogen) atoms. The Balaban J connectivity index is 2.14. The fraction of sp³-hybridized carbons (Fsp3) is 0.316. The van der Waals surface area contributed by atoms with Crippen molar-refractivity contribution in [1.82, 2.24) is 4.72 Å². The maximum absolute atomic E-state index is 12.4. The zero-order chi connectivity index (χ0) is 18.6. The van der Waals surface area contributed by atoms with Gasteiger partial charge in [-0.05, 0) is 49.6 Å². The van der Waals surface area contributed by atoms with Crippen LogP contribution in [0, 0.1) is 20.8 Å². The summed E-state index contributed by atoms with van der Waals surface area (Å²) in [6, 6.07) is 12.6. The Kier molecular flexibility index (Phi) is 5.98. The number of nitrogens with zero attached hydrogens (tertiary/aromatic N) is 1. The topological polar surface area (TPSA) is 66.5 Å². The van der Waals surface area contributed by atoms with Gasteiger partial charge in [-0.15, -0.1) is 0 Å². The molecule has 0 fully saturated rings. The fourth-order valence-electron chi connectivity index (χ4n) is 2.70. The summed E-state index contributed by atoms with van der Waals surface area (Å²) in [5, 5.41) is 0. The van der Waals surface area contributed by atoms with Crippen molar-refractivity contribution < 1.29 is 13.2 Å². The van der Waals surface area contributed by atoms with Gasteiger partial charge < -0.3 is 4.90 Å². The number of benzene rings is 2. The van der Waals surface area contributed by atoms with E-state index in [1.165, 1.54) is 6.92 Å². The number of aryl methyl sites for hydroxylation is 2. The normalized spacial score (nSPS) is 11.4. The maximum atomic E-state index is 12.4. The molecule has 0 aliphatic rings. The van der Waals surface area contributed by atoms with Crippen LogP contribution >= 0.6 is 0 Å². The Morgan fingerprint density at radius 1 is 1.00 bits per heavy atom. The van der Waals surface area contributed by atoms with Crippen LogP contribution in [0.3, 0.4) is 0 Å². The van der Waals surface area contributed by atoms with E-state index in [1.54, 1.807) is 36.1 Å².